The lowest BCUT2D eigenvalue weighted by atomic mass is 10.1. The molecule has 0 saturated carbocycles. The summed E-state index contributed by atoms with van der Waals surface area (Å²) in [6, 6.07) is 9.68. The molecule has 0 aliphatic rings. The first kappa shape index (κ1) is 11.1. The molecule has 0 atom stereocenters. The molecule has 0 N–H and O–H groups in total. The van der Waals surface area contributed by atoms with Gasteiger partial charge in [0, 0.05) is 6.42 Å². The molecule has 0 unspecified atom stereocenters. The van der Waals surface area contributed by atoms with Gasteiger partial charge in [-0.25, -0.2) is 4.68 Å². The number of nitriles is 1. The van der Waals surface area contributed by atoms with Crippen LogP contribution in [0.4, 0.5) is 0 Å². The van der Waals surface area contributed by atoms with Gasteiger partial charge < -0.3 is 4.74 Å². The van der Waals surface area contributed by atoms with Crippen LogP contribution in [0.2, 0.25) is 0 Å². The molecule has 1 heterocycles. The Labute approximate surface area is 98.4 Å². The third-order valence-electron chi connectivity index (χ3n) is 2.35. The van der Waals surface area contributed by atoms with E-state index < -0.39 is 0 Å². The Kier molecular flexibility index (Phi) is 3.31. The number of methoxy groups -OCH3 is 1. The van der Waals surface area contributed by atoms with E-state index in [0.717, 1.165) is 11.3 Å². The molecular formula is C11H11N5O. The number of aromatic nitrogens is 4. The first-order chi connectivity index (χ1) is 8.33. The van der Waals surface area contributed by atoms with Crippen LogP contribution >= 0.6 is 0 Å². The highest BCUT2D eigenvalue weighted by molar-refractivity contribution is 5.28. The third-order valence-corrected chi connectivity index (χ3v) is 2.35. The predicted molar refractivity (Wildman–Crippen MR) is 59.2 cm³/mol. The fourth-order valence-electron chi connectivity index (χ4n) is 1.47. The average molecular weight is 229 g/mol. The fourth-order valence-corrected chi connectivity index (χ4v) is 1.47. The Balaban J connectivity index is 2.14. The molecule has 0 fully saturated rings. The Morgan fingerprint density at radius 1 is 1.35 bits per heavy atom. The minimum absolute atomic E-state index is 0.165. The molecule has 0 radical (unpaired) electrons. The summed E-state index contributed by atoms with van der Waals surface area (Å²) in [6.07, 6.45) is 0.596. The molecule has 6 nitrogen and oxygen atoms in total. The molecule has 86 valence electrons. The van der Waals surface area contributed by atoms with E-state index in [2.05, 4.69) is 15.5 Å². The van der Waals surface area contributed by atoms with Crippen molar-refractivity contribution in [1.82, 2.24) is 20.2 Å². The van der Waals surface area contributed by atoms with E-state index in [1.807, 2.05) is 30.3 Å². The average Bonchev–Trinajstić information content (AvgIpc) is 2.78. The van der Waals surface area contributed by atoms with Gasteiger partial charge in [0.15, 0.2) is 5.82 Å². The smallest absolute Gasteiger partial charge is 0.156 e. The van der Waals surface area contributed by atoms with Crippen LogP contribution in [0.15, 0.2) is 24.3 Å². The zero-order valence-corrected chi connectivity index (χ0v) is 9.37. The van der Waals surface area contributed by atoms with Crippen LogP contribution in [0.3, 0.4) is 0 Å². The second-order valence-electron chi connectivity index (χ2n) is 3.44. The molecule has 1 aromatic carbocycles. The Morgan fingerprint density at radius 2 is 2.12 bits per heavy atom. The minimum atomic E-state index is 0.165. The van der Waals surface area contributed by atoms with Crippen LogP contribution < -0.4 is 4.74 Å². The van der Waals surface area contributed by atoms with Crippen molar-refractivity contribution in [3.8, 4) is 11.8 Å². The first-order valence-corrected chi connectivity index (χ1v) is 5.08. The van der Waals surface area contributed by atoms with E-state index in [4.69, 9.17) is 10.00 Å². The number of tetrazole rings is 1. The van der Waals surface area contributed by atoms with E-state index in [1.165, 1.54) is 4.68 Å². The number of rotatable bonds is 4. The van der Waals surface area contributed by atoms with Crippen LogP contribution in [0.1, 0.15) is 11.4 Å². The summed E-state index contributed by atoms with van der Waals surface area (Å²) in [5, 5.41) is 19.8. The molecule has 0 saturated heterocycles. The van der Waals surface area contributed by atoms with Gasteiger partial charge in [0.2, 0.25) is 0 Å². The fraction of sp³-hybridized carbons (Fsp3) is 0.273. The third kappa shape index (κ3) is 2.58. The Hall–Kier alpha value is -2.42. The van der Waals surface area contributed by atoms with E-state index in [1.54, 1.807) is 7.11 Å². The molecule has 2 aromatic rings. The van der Waals surface area contributed by atoms with Gasteiger partial charge >= 0.3 is 0 Å². The monoisotopic (exact) mass is 229 g/mol. The summed E-state index contributed by atoms with van der Waals surface area (Å²) in [5.41, 5.74) is 1.07. The van der Waals surface area contributed by atoms with E-state index >= 15 is 0 Å². The first-order valence-electron chi connectivity index (χ1n) is 5.08. The lowest BCUT2D eigenvalue weighted by molar-refractivity contribution is 0.414. The van der Waals surface area contributed by atoms with Crippen molar-refractivity contribution in [2.75, 3.05) is 7.11 Å². The summed E-state index contributed by atoms with van der Waals surface area (Å²) in [4.78, 5) is 0. The largest absolute Gasteiger partial charge is 0.497 e. The molecule has 2 rings (SSSR count). The molecule has 0 amide bonds. The van der Waals surface area contributed by atoms with Gasteiger partial charge in [0.25, 0.3) is 0 Å². The van der Waals surface area contributed by atoms with Gasteiger partial charge in [-0.3, -0.25) is 0 Å². The second kappa shape index (κ2) is 5.07. The quantitative estimate of drug-likeness (QED) is 0.774. The van der Waals surface area contributed by atoms with E-state index in [-0.39, 0.29) is 6.54 Å². The Bertz CT molecular complexity index is 526. The molecule has 0 aliphatic heterocycles. The zero-order valence-electron chi connectivity index (χ0n) is 9.37. The molecular weight excluding hydrogens is 218 g/mol. The number of hydrogen-bond donors (Lipinski definition) is 0. The SMILES string of the molecule is COc1ccc(Cc2nnnn2CC#N)cc1. The van der Waals surface area contributed by atoms with Crippen molar-refractivity contribution >= 4 is 0 Å². The van der Waals surface area contributed by atoms with Crippen molar-refractivity contribution in [2.24, 2.45) is 0 Å². The normalized spacial score (nSPS) is 9.88. The van der Waals surface area contributed by atoms with Gasteiger partial charge in [-0.1, -0.05) is 12.1 Å². The van der Waals surface area contributed by atoms with E-state index in [0.29, 0.717) is 12.2 Å². The summed E-state index contributed by atoms with van der Waals surface area (Å²) in [7, 11) is 1.63. The molecule has 0 bridgehead atoms. The highest BCUT2D eigenvalue weighted by atomic mass is 16.5. The van der Waals surface area contributed by atoms with Gasteiger partial charge in [-0.15, -0.1) is 5.10 Å². The van der Waals surface area contributed by atoms with Gasteiger partial charge in [0.1, 0.15) is 12.3 Å². The van der Waals surface area contributed by atoms with Crippen LogP contribution in [0.25, 0.3) is 0 Å². The maximum atomic E-state index is 8.61. The van der Waals surface area contributed by atoms with Crippen LogP contribution in [0, 0.1) is 11.3 Å². The number of benzene rings is 1. The molecule has 17 heavy (non-hydrogen) atoms. The molecule has 0 aliphatic carbocycles. The number of hydrogen-bond acceptors (Lipinski definition) is 5. The standard InChI is InChI=1S/C11H11N5O/c1-17-10-4-2-9(3-5-10)8-11-13-14-15-16(11)7-6-12/h2-5H,7-8H2,1H3. The number of ether oxygens (including phenoxy) is 1. The van der Waals surface area contributed by atoms with Crippen molar-refractivity contribution in [1.29, 1.82) is 5.26 Å². The summed E-state index contributed by atoms with van der Waals surface area (Å²) in [6.45, 7) is 0.165. The second-order valence-corrected chi connectivity index (χ2v) is 3.44. The van der Waals surface area contributed by atoms with Gasteiger partial charge in [0.05, 0.1) is 13.2 Å². The lowest BCUT2D eigenvalue weighted by Gasteiger charge is -2.02. The number of nitrogens with zero attached hydrogens (tertiary/aromatic N) is 5. The summed E-state index contributed by atoms with van der Waals surface area (Å²) < 4.78 is 6.57. The van der Waals surface area contributed by atoms with Crippen LogP contribution in [-0.2, 0) is 13.0 Å². The van der Waals surface area contributed by atoms with Crippen molar-refractivity contribution < 1.29 is 4.74 Å². The van der Waals surface area contributed by atoms with Gasteiger partial charge in [-0.2, -0.15) is 5.26 Å². The van der Waals surface area contributed by atoms with Crippen LogP contribution in [-0.4, -0.2) is 27.3 Å². The maximum absolute atomic E-state index is 8.61. The summed E-state index contributed by atoms with van der Waals surface area (Å²) >= 11 is 0. The minimum Gasteiger partial charge on any atom is -0.497 e. The van der Waals surface area contributed by atoms with E-state index in [9.17, 15) is 0 Å². The molecule has 0 spiro atoms. The maximum Gasteiger partial charge on any atom is 0.156 e. The van der Waals surface area contributed by atoms with Crippen molar-refractivity contribution in [3.05, 3.63) is 35.7 Å². The van der Waals surface area contributed by atoms with Crippen molar-refractivity contribution in [3.63, 3.8) is 0 Å². The Morgan fingerprint density at radius 3 is 2.76 bits per heavy atom. The molecule has 6 heteroatoms. The summed E-state index contributed by atoms with van der Waals surface area (Å²) in [5.74, 6) is 1.49. The predicted octanol–water partition coefficient (Wildman–Crippen LogP) is 0.796. The highest BCUT2D eigenvalue weighted by Crippen LogP contribution is 2.13. The topological polar surface area (TPSA) is 76.6 Å². The lowest BCUT2D eigenvalue weighted by Crippen LogP contribution is -2.05. The highest BCUT2D eigenvalue weighted by Gasteiger charge is 2.06. The van der Waals surface area contributed by atoms with Crippen LogP contribution in [0.5, 0.6) is 5.75 Å². The van der Waals surface area contributed by atoms with Crippen molar-refractivity contribution in [2.45, 2.75) is 13.0 Å². The molecule has 1 aromatic heterocycles. The zero-order chi connectivity index (χ0) is 12.1. The van der Waals surface area contributed by atoms with Gasteiger partial charge in [-0.05, 0) is 28.1 Å².